The van der Waals surface area contributed by atoms with Gasteiger partial charge in [-0.25, -0.2) is 0 Å². The summed E-state index contributed by atoms with van der Waals surface area (Å²) in [6, 6.07) is 16.2. The van der Waals surface area contributed by atoms with Gasteiger partial charge in [0.15, 0.2) is 6.61 Å². The number of benzene rings is 2. The minimum absolute atomic E-state index is 0.00858. The van der Waals surface area contributed by atoms with Gasteiger partial charge in [0, 0.05) is 25.3 Å². The third kappa shape index (κ3) is 8.78. The van der Waals surface area contributed by atoms with Crippen LogP contribution in [0.1, 0.15) is 71.0 Å². The molecule has 202 valence electrons. The van der Waals surface area contributed by atoms with Gasteiger partial charge in [-0.1, -0.05) is 56.9 Å². The number of amides is 1. The first-order valence-electron chi connectivity index (χ1n) is 13.7. The monoisotopic (exact) mass is 510 g/mol. The zero-order valence-electron chi connectivity index (χ0n) is 22.6. The Labute approximate surface area is 221 Å². The maximum atomic E-state index is 12.7. The molecule has 0 bridgehead atoms. The van der Waals surface area contributed by atoms with Crippen molar-refractivity contribution in [2.45, 2.75) is 65.4 Å². The van der Waals surface area contributed by atoms with Crippen molar-refractivity contribution in [2.24, 2.45) is 0 Å². The zero-order valence-corrected chi connectivity index (χ0v) is 22.6. The van der Waals surface area contributed by atoms with Crippen LogP contribution in [-0.2, 0) is 19.1 Å². The van der Waals surface area contributed by atoms with E-state index in [1.54, 1.807) is 6.92 Å². The first-order valence-corrected chi connectivity index (χ1v) is 13.7. The molecule has 3 rings (SSSR count). The van der Waals surface area contributed by atoms with Crippen LogP contribution in [0, 0.1) is 0 Å². The molecule has 0 saturated heterocycles. The Morgan fingerprint density at radius 2 is 1.78 bits per heavy atom. The highest BCUT2D eigenvalue weighted by Gasteiger charge is 2.25. The van der Waals surface area contributed by atoms with Crippen molar-refractivity contribution < 1.29 is 23.8 Å². The van der Waals surface area contributed by atoms with Crippen LogP contribution in [0.25, 0.3) is 0 Å². The van der Waals surface area contributed by atoms with Crippen LogP contribution in [-0.4, -0.2) is 51.3 Å². The number of carbonyl (C=O) groups is 2. The summed E-state index contributed by atoms with van der Waals surface area (Å²) in [4.78, 5) is 28.4. The molecule has 0 radical (unpaired) electrons. The topological polar surface area (TPSA) is 68.3 Å². The van der Waals surface area contributed by atoms with Crippen LogP contribution in [0.5, 0.6) is 5.75 Å². The minimum Gasteiger partial charge on any atom is -0.482 e. The van der Waals surface area contributed by atoms with Gasteiger partial charge < -0.3 is 24.0 Å². The number of unbranched alkanes of at least 4 members (excludes halogenated alkanes) is 4. The first kappa shape index (κ1) is 28.5. The highest BCUT2D eigenvalue weighted by atomic mass is 16.5. The van der Waals surface area contributed by atoms with E-state index in [2.05, 4.69) is 36.1 Å². The number of para-hydroxylation sites is 2. The molecule has 37 heavy (non-hydrogen) atoms. The van der Waals surface area contributed by atoms with E-state index in [1.165, 1.54) is 25.7 Å². The van der Waals surface area contributed by atoms with Crippen molar-refractivity contribution in [1.82, 2.24) is 0 Å². The lowest BCUT2D eigenvalue weighted by atomic mass is 10.1. The van der Waals surface area contributed by atoms with Crippen LogP contribution >= 0.6 is 0 Å². The molecule has 0 N–H and O–H groups in total. The third-order valence-corrected chi connectivity index (χ3v) is 6.64. The van der Waals surface area contributed by atoms with Gasteiger partial charge in [-0.2, -0.15) is 0 Å². The molecule has 7 heteroatoms. The quantitative estimate of drug-likeness (QED) is 0.206. The fraction of sp³-hybridized carbons (Fsp3) is 0.533. The van der Waals surface area contributed by atoms with Crippen LogP contribution in [0.2, 0.25) is 0 Å². The number of hydrogen-bond acceptors (Lipinski definition) is 6. The second-order valence-corrected chi connectivity index (χ2v) is 9.36. The SMILES string of the molecule is CCCCCCCN(CCN1C(=O)COc2ccccc21)c1ccc(C(C)OCCC(=O)OCC)cc1. The average molecular weight is 511 g/mol. The van der Waals surface area contributed by atoms with Gasteiger partial charge in [0.1, 0.15) is 5.75 Å². The lowest BCUT2D eigenvalue weighted by molar-refractivity contribution is -0.144. The average Bonchev–Trinajstić information content (AvgIpc) is 2.91. The number of rotatable bonds is 16. The summed E-state index contributed by atoms with van der Waals surface area (Å²) in [7, 11) is 0. The van der Waals surface area contributed by atoms with E-state index in [1.807, 2.05) is 36.1 Å². The number of anilines is 2. The Morgan fingerprint density at radius 3 is 2.54 bits per heavy atom. The molecule has 1 unspecified atom stereocenters. The van der Waals surface area contributed by atoms with E-state index in [9.17, 15) is 9.59 Å². The molecule has 2 aromatic rings. The van der Waals surface area contributed by atoms with Crippen molar-refractivity contribution in [3.63, 3.8) is 0 Å². The van der Waals surface area contributed by atoms with Crippen LogP contribution < -0.4 is 14.5 Å². The number of ether oxygens (including phenoxy) is 3. The lowest BCUT2D eigenvalue weighted by Crippen LogP contribution is -2.43. The second kappa shape index (κ2) is 15.3. The maximum absolute atomic E-state index is 12.7. The number of nitrogens with zero attached hydrogens (tertiary/aromatic N) is 2. The molecule has 1 atom stereocenters. The van der Waals surface area contributed by atoms with Crippen molar-refractivity contribution in [2.75, 3.05) is 49.3 Å². The standard InChI is InChI=1S/C30H42N2O5/c1-4-6-7-8-11-19-31(20-21-32-27-12-9-10-13-28(27)37-23-29(32)33)26-16-14-25(15-17-26)24(3)36-22-18-30(34)35-5-2/h9-10,12-17,24H,4-8,11,18-23H2,1-3H3. The van der Waals surface area contributed by atoms with Gasteiger partial charge in [-0.05, 0) is 50.1 Å². The van der Waals surface area contributed by atoms with Crippen molar-refractivity contribution in [3.05, 3.63) is 54.1 Å². The fourth-order valence-electron chi connectivity index (χ4n) is 4.50. The second-order valence-electron chi connectivity index (χ2n) is 9.36. The van der Waals surface area contributed by atoms with E-state index in [0.29, 0.717) is 19.8 Å². The predicted octanol–water partition coefficient (Wildman–Crippen LogP) is 5.92. The number of carbonyl (C=O) groups excluding carboxylic acids is 2. The van der Waals surface area contributed by atoms with Crippen LogP contribution in [0.3, 0.4) is 0 Å². The maximum Gasteiger partial charge on any atom is 0.308 e. The molecular formula is C30H42N2O5. The first-order chi connectivity index (χ1) is 18.0. The largest absolute Gasteiger partial charge is 0.482 e. The zero-order chi connectivity index (χ0) is 26.5. The Morgan fingerprint density at radius 1 is 1.03 bits per heavy atom. The van der Waals surface area contributed by atoms with E-state index in [-0.39, 0.29) is 31.0 Å². The molecule has 0 saturated carbocycles. The summed E-state index contributed by atoms with van der Waals surface area (Å²) in [5.74, 6) is 0.515. The molecular weight excluding hydrogens is 468 g/mol. The molecule has 0 spiro atoms. The van der Waals surface area contributed by atoms with Crippen molar-refractivity contribution in [1.29, 1.82) is 0 Å². The molecule has 2 aromatic carbocycles. The predicted molar refractivity (Wildman–Crippen MR) is 147 cm³/mol. The van der Waals surface area contributed by atoms with Gasteiger partial charge in [0.2, 0.25) is 0 Å². The minimum atomic E-state index is -0.235. The third-order valence-electron chi connectivity index (χ3n) is 6.64. The Bertz CT molecular complexity index is 978. The molecule has 1 aliphatic heterocycles. The van der Waals surface area contributed by atoms with Crippen molar-refractivity contribution >= 4 is 23.3 Å². The summed E-state index contributed by atoms with van der Waals surface area (Å²) in [6.45, 7) is 9.10. The molecule has 1 amide bonds. The lowest BCUT2D eigenvalue weighted by Gasteiger charge is -2.32. The molecule has 0 aromatic heterocycles. The normalized spacial score (nSPS) is 13.6. The van der Waals surface area contributed by atoms with Crippen LogP contribution in [0.4, 0.5) is 11.4 Å². The van der Waals surface area contributed by atoms with E-state index < -0.39 is 0 Å². The summed E-state index contributed by atoms with van der Waals surface area (Å²) < 4.78 is 16.4. The highest BCUT2D eigenvalue weighted by molar-refractivity contribution is 5.97. The van der Waals surface area contributed by atoms with Gasteiger partial charge in [-0.3, -0.25) is 9.59 Å². The van der Waals surface area contributed by atoms with Gasteiger partial charge in [0.25, 0.3) is 5.91 Å². The molecule has 1 heterocycles. The molecule has 1 aliphatic rings. The number of hydrogen-bond donors (Lipinski definition) is 0. The Balaban J connectivity index is 1.63. The van der Waals surface area contributed by atoms with E-state index in [4.69, 9.17) is 14.2 Å². The smallest absolute Gasteiger partial charge is 0.308 e. The molecule has 0 fully saturated rings. The van der Waals surface area contributed by atoms with Gasteiger partial charge in [0.05, 0.1) is 31.4 Å². The molecule has 7 nitrogen and oxygen atoms in total. The van der Waals surface area contributed by atoms with Gasteiger partial charge >= 0.3 is 5.97 Å². The van der Waals surface area contributed by atoms with Crippen LogP contribution in [0.15, 0.2) is 48.5 Å². The van der Waals surface area contributed by atoms with Crippen molar-refractivity contribution in [3.8, 4) is 5.75 Å². The van der Waals surface area contributed by atoms with E-state index >= 15 is 0 Å². The Kier molecular flexibility index (Phi) is 11.8. The molecule has 0 aliphatic carbocycles. The summed E-state index contributed by atoms with van der Waals surface area (Å²) in [6.07, 6.45) is 6.19. The van der Waals surface area contributed by atoms with E-state index in [0.717, 1.165) is 42.2 Å². The fourth-order valence-corrected chi connectivity index (χ4v) is 4.50. The highest BCUT2D eigenvalue weighted by Crippen LogP contribution is 2.31. The number of fused-ring (bicyclic) bond motifs is 1. The Hall–Kier alpha value is -3.06. The summed E-state index contributed by atoms with van der Waals surface area (Å²) in [5, 5.41) is 0. The number of esters is 1. The summed E-state index contributed by atoms with van der Waals surface area (Å²) in [5.41, 5.74) is 3.03. The van der Waals surface area contributed by atoms with Gasteiger partial charge in [-0.15, -0.1) is 0 Å². The summed E-state index contributed by atoms with van der Waals surface area (Å²) >= 11 is 0.